The topological polar surface area (TPSA) is 73.1 Å². The van der Waals surface area contributed by atoms with Gasteiger partial charge in [0.25, 0.3) is 0 Å². The lowest BCUT2D eigenvalue weighted by Gasteiger charge is -2.35. The highest BCUT2D eigenvalue weighted by atomic mass is 35.5. The number of pyridine rings is 2. The maximum atomic E-state index is 12.8. The highest BCUT2D eigenvalue weighted by molar-refractivity contribution is 8.00. The van der Waals surface area contributed by atoms with Gasteiger partial charge in [-0.15, -0.1) is 0 Å². The van der Waals surface area contributed by atoms with E-state index in [9.17, 15) is 23.2 Å². The predicted molar refractivity (Wildman–Crippen MR) is 112 cm³/mol. The smallest absolute Gasteiger partial charge is 0.352 e. The predicted octanol–water partition coefficient (Wildman–Crippen LogP) is 4.08. The molecule has 1 fully saturated rings. The molecule has 0 bridgehead atoms. The first kappa shape index (κ1) is 23.2. The van der Waals surface area contributed by atoms with Crippen LogP contribution < -0.4 is 4.90 Å². The molecule has 0 aromatic carbocycles. The average Bonchev–Trinajstić information content (AvgIpc) is 2.71. The van der Waals surface area contributed by atoms with Gasteiger partial charge in [0.15, 0.2) is 0 Å². The van der Waals surface area contributed by atoms with Crippen LogP contribution in [0.25, 0.3) is 0 Å². The van der Waals surface area contributed by atoms with E-state index in [0.29, 0.717) is 36.8 Å². The van der Waals surface area contributed by atoms with Gasteiger partial charge in [-0.2, -0.15) is 18.4 Å². The molecule has 3 rings (SSSR count). The van der Waals surface area contributed by atoms with Gasteiger partial charge >= 0.3 is 6.18 Å². The SMILES string of the molecule is Cc1cc(C)c(C#N)c(SCC(=O)N2CCN(c3ncc(C(F)(F)F)cc3Cl)CC2)n1. The Morgan fingerprint density at radius 1 is 1.26 bits per heavy atom. The molecule has 11 heteroatoms. The standard InChI is InChI=1S/C20H19ClF3N5OS/c1-12-7-13(2)27-19(15(12)9-25)31-11-17(30)28-3-5-29(6-4-28)18-16(21)8-14(10-26-18)20(22,23)24/h7-8,10H,3-6,11H2,1-2H3. The van der Waals surface area contributed by atoms with E-state index < -0.39 is 11.7 Å². The second-order valence-corrected chi connectivity index (χ2v) is 8.43. The van der Waals surface area contributed by atoms with Crippen LogP contribution in [0.2, 0.25) is 5.02 Å². The molecule has 0 saturated carbocycles. The van der Waals surface area contributed by atoms with Gasteiger partial charge in [0.05, 0.1) is 21.9 Å². The number of carbonyl (C=O) groups excluding carboxylic acids is 1. The molecule has 0 atom stereocenters. The third-order valence-corrected chi connectivity index (χ3v) is 6.07. The first-order valence-corrected chi connectivity index (χ1v) is 10.7. The van der Waals surface area contributed by atoms with Crippen molar-refractivity contribution in [3.8, 4) is 6.07 Å². The Labute approximate surface area is 187 Å². The van der Waals surface area contributed by atoms with Crippen LogP contribution in [0.3, 0.4) is 0 Å². The van der Waals surface area contributed by atoms with Crippen molar-refractivity contribution < 1.29 is 18.0 Å². The molecule has 1 amide bonds. The molecular formula is C20H19ClF3N5OS. The summed E-state index contributed by atoms with van der Waals surface area (Å²) in [6, 6.07) is 4.82. The van der Waals surface area contributed by atoms with Gasteiger partial charge in [-0.25, -0.2) is 9.97 Å². The first-order chi connectivity index (χ1) is 14.6. The Balaban J connectivity index is 1.59. The van der Waals surface area contributed by atoms with Crippen LogP contribution in [0, 0.1) is 25.2 Å². The van der Waals surface area contributed by atoms with Crippen LogP contribution in [0.5, 0.6) is 0 Å². The third-order valence-electron chi connectivity index (χ3n) is 4.84. The lowest BCUT2D eigenvalue weighted by atomic mass is 10.1. The first-order valence-electron chi connectivity index (χ1n) is 9.36. The summed E-state index contributed by atoms with van der Waals surface area (Å²) in [7, 11) is 0. The minimum atomic E-state index is -4.51. The van der Waals surface area contributed by atoms with Crippen LogP contribution in [0.4, 0.5) is 19.0 Å². The minimum Gasteiger partial charge on any atom is -0.352 e. The van der Waals surface area contributed by atoms with Crippen LogP contribution in [-0.2, 0) is 11.0 Å². The number of carbonyl (C=O) groups is 1. The average molecular weight is 470 g/mol. The number of rotatable bonds is 4. The number of aryl methyl sites for hydroxylation is 2. The number of nitrogens with zero attached hydrogens (tertiary/aromatic N) is 5. The van der Waals surface area contributed by atoms with Crippen LogP contribution >= 0.6 is 23.4 Å². The summed E-state index contributed by atoms with van der Waals surface area (Å²) in [6.45, 7) is 5.26. The number of halogens is 4. The second-order valence-electron chi connectivity index (χ2n) is 7.06. The highest BCUT2D eigenvalue weighted by Crippen LogP contribution is 2.33. The Morgan fingerprint density at radius 2 is 1.94 bits per heavy atom. The summed E-state index contributed by atoms with van der Waals surface area (Å²) in [6.07, 6.45) is -3.74. The second kappa shape index (κ2) is 9.32. The van der Waals surface area contributed by atoms with Crippen molar-refractivity contribution in [1.82, 2.24) is 14.9 Å². The van der Waals surface area contributed by atoms with Crippen LogP contribution in [0.1, 0.15) is 22.4 Å². The van der Waals surface area contributed by atoms with E-state index in [2.05, 4.69) is 16.0 Å². The summed E-state index contributed by atoms with van der Waals surface area (Å²) >= 11 is 7.24. The Bertz CT molecular complexity index is 1030. The zero-order valence-corrected chi connectivity index (χ0v) is 18.4. The van der Waals surface area contributed by atoms with E-state index in [-0.39, 0.29) is 22.5 Å². The van der Waals surface area contributed by atoms with Crippen molar-refractivity contribution in [2.75, 3.05) is 36.8 Å². The number of amides is 1. The zero-order chi connectivity index (χ0) is 22.8. The fourth-order valence-electron chi connectivity index (χ4n) is 3.25. The van der Waals surface area contributed by atoms with Gasteiger partial charge < -0.3 is 9.80 Å². The fourth-order valence-corrected chi connectivity index (χ4v) is 4.54. The van der Waals surface area contributed by atoms with Gasteiger partial charge in [-0.3, -0.25) is 4.79 Å². The summed E-state index contributed by atoms with van der Waals surface area (Å²) in [4.78, 5) is 24.3. The van der Waals surface area contributed by atoms with Crippen molar-refractivity contribution in [2.24, 2.45) is 0 Å². The fraction of sp³-hybridized carbons (Fsp3) is 0.400. The number of aromatic nitrogens is 2. The number of hydrogen-bond acceptors (Lipinski definition) is 6. The molecule has 1 saturated heterocycles. The largest absolute Gasteiger partial charge is 0.417 e. The van der Waals surface area contributed by atoms with Crippen molar-refractivity contribution in [2.45, 2.75) is 25.0 Å². The summed E-state index contributed by atoms with van der Waals surface area (Å²) < 4.78 is 38.4. The molecule has 164 valence electrons. The molecule has 0 N–H and O–H groups in total. The number of anilines is 1. The molecule has 0 aliphatic carbocycles. The van der Waals surface area contributed by atoms with Crippen molar-refractivity contribution in [3.05, 3.63) is 45.7 Å². The molecule has 2 aromatic heterocycles. The third kappa shape index (κ3) is 5.40. The lowest BCUT2D eigenvalue weighted by Crippen LogP contribution is -2.49. The number of piperazine rings is 1. The molecule has 1 aliphatic rings. The van der Waals surface area contributed by atoms with Crippen LogP contribution in [0.15, 0.2) is 23.4 Å². The molecule has 0 radical (unpaired) electrons. The maximum Gasteiger partial charge on any atom is 0.417 e. The van der Waals surface area contributed by atoms with E-state index in [4.69, 9.17) is 11.6 Å². The normalized spacial score (nSPS) is 14.5. The Morgan fingerprint density at radius 3 is 2.52 bits per heavy atom. The minimum absolute atomic E-state index is 0.0740. The zero-order valence-electron chi connectivity index (χ0n) is 16.8. The number of thioether (sulfide) groups is 1. The lowest BCUT2D eigenvalue weighted by molar-refractivity contribution is -0.137. The van der Waals surface area contributed by atoms with Gasteiger partial charge in [0, 0.05) is 38.1 Å². The molecular weight excluding hydrogens is 451 g/mol. The molecule has 0 spiro atoms. The van der Waals surface area contributed by atoms with Gasteiger partial charge in [-0.05, 0) is 31.5 Å². The van der Waals surface area contributed by atoms with Crippen molar-refractivity contribution >= 4 is 35.1 Å². The molecule has 3 heterocycles. The van der Waals surface area contributed by atoms with E-state index in [1.165, 1.54) is 11.8 Å². The van der Waals surface area contributed by atoms with Crippen molar-refractivity contribution in [1.29, 1.82) is 5.26 Å². The highest BCUT2D eigenvalue weighted by Gasteiger charge is 2.32. The molecule has 0 unspecified atom stereocenters. The van der Waals surface area contributed by atoms with Gasteiger partial charge in [-0.1, -0.05) is 23.4 Å². The van der Waals surface area contributed by atoms with Gasteiger partial charge in [0.1, 0.15) is 16.9 Å². The summed E-state index contributed by atoms with van der Waals surface area (Å²) in [5.41, 5.74) is 1.17. The summed E-state index contributed by atoms with van der Waals surface area (Å²) in [5.74, 6) is 0.319. The van der Waals surface area contributed by atoms with E-state index in [0.717, 1.165) is 23.5 Å². The summed E-state index contributed by atoms with van der Waals surface area (Å²) in [5, 5.41) is 9.80. The number of nitriles is 1. The monoisotopic (exact) mass is 469 g/mol. The van der Waals surface area contributed by atoms with Crippen molar-refractivity contribution in [3.63, 3.8) is 0 Å². The molecule has 2 aromatic rings. The Kier molecular flexibility index (Phi) is 6.96. The Hall–Kier alpha value is -2.51. The quantitative estimate of drug-likeness (QED) is 0.628. The molecule has 6 nitrogen and oxygen atoms in total. The molecule has 31 heavy (non-hydrogen) atoms. The van der Waals surface area contributed by atoms with Gasteiger partial charge in [0.2, 0.25) is 5.91 Å². The maximum absolute atomic E-state index is 12.8. The molecule has 1 aliphatic heterocycles. The number of hydrogen-bond donors (Lipinski definition) is 0. The van der Waals surface area contributed by atoms with E-state index in [1.807, 2.05) is 19.9 Å². The number of alkyl halides is 3. The van der Waals surface area contributed by atoms with Crippen LogP contribution in [-0.4, -0.2) is 52.7 Å². The van der Waals surface area contributed by atoms with E-state index >= 15 is 0 Å². The van der Waals surface area contributed by atoms with E-state index in [1.54, 1.807) is 9.80 Å².